The number of fused-ring (bicyclic) bond motifs is 1. The SMILES string of the molecule is CS(=O)(=O)c1ccc(Oc2nc3sccn3c2CO)cc1. The molecule has 2 aromatic heterocycles. The average molecular weight is 324 g/mol. The molecule has 1 aromatic carbocycles. The van der Waals surface area contributed by atoms with E-state index in [1.54, 1.807) is 22.7 Å². The molecule has 0 aliphatic heterocycles. The lowest BCUT2D eigenvalue weighted by molar-refractivity contribution is 0.270. The van der Waals surface area contributed by atoms with E-state index in [2.05, 4.69) is 4.98 Å². The van der Waals surface area contributed by atoms with Crippen molar-refractivity contribution in [1.29, 1.82) is 0 Å². The fourth-order valence-electron chi connectivity index (χ4n) is 1.90. The highest BCUT2D eigenvalue weighted by Crippen LogP contribution is 2.28. The maximum Gasteiger partial charge on any atom is 0.244 e. The van der Waals surface area contributed by atoms with E-state index in [1.807, 2.05) is 5.38 Å². The minimum absolute atomic E-state index is 0.200. The molecule has 3 rings (SSSR count). The van der Waals surface area contributed by atoms with Crippen molar-refractivity contribution in [3.8, 4) is 11.6 Å². The second-order valence-electron chi connectivity index (χ2n) is 4.42. The normalized spacial score (nSPS) is 11.9. The first-order valence-electron chi connectivity index (χ1n) is 6.02. The maximum absolute atomic E-state index is 11.4. The number of nitrogens with zero attached hydrogens (tertiary/aromatic N) is 2. The van der Waals surface area contributed by atoms with Crippen LogP contribution in [0.25, 0.3) is 4.96 Å². The number of hydrogen-bond donors (Lipinski definition) is 1. The maximum atomic E-state index is 11.4. The van der Waals surface area contributed by atoms with E-state index >= 15 is 0 Å². The molecule has 0 aliphatic carbocycles. The first-order chi connectivity index (χ1) is 9.99. The standard InChI is InChI=1S/C13H12N2O4S2/c1-21(17,18)10-4-2-9(3-5-10)19-12-11(8-16)15-6-7-20-13(15)14-12/h2-7,16H,8H2,1H3. The van der Waals surface area contributed by atoms with Crippen molar-refractivity contribution in [2.24, 2.45) is 0 Å². The smallest absolute Gasteiger partial charge is 0.244 e. The molecule has 0 amide bonds. The van der Waals surface area contributed by atoms with Crippen LogP contribution in [0.15, 0.2) is 40.7 Å². The lowest BCUT2D eigenvalue weighted by Gasteiger charge is -2.05. The predicted molar refractivity (Wildman–Crippen MR) is 78.6 cm³/mol. The average Bonchev–Trinajstić information content (AvgIpc) is 2.98. The van der Waals surface area contributed by atoms with Crippen molar-refractivity contribution in [1.82, 2.24) is 9.38 Å². The Bertz CT molecular complexity index is 879. The van der Waals surface area contributed by atoms with Gasteiger partial charge in [0.15, 0.2) is 14.8 Å². The summed E-state index contributed by atoms with van der Waals surface area (Å²) in [6.45, 7) is -0.200. The van der Waals surface area contributed by atoms with Gasteiger partial charge in [-0.2, -0.15) is 4.98 Å². The van der Waals surface area contributed by atoms with E-state index in [0.717, 1.165) is 11.2 Å². The molecule has 0 saturated heterocycles. The Hall–Kier alpha value is -1.90. The monoisotopic (exact) mass is 324 g/mol. The molecule has 0 atom stereocenters. The summed E-state index contributed by atoms with van der Waals surface area (Å²) in [6, 6.07) is 6.07. The molecule has 0 saturated carbocycles. The third-order valence-electron chi connectivity index (χ3n) is 2.94. The molecule has 21 heavy (non-hydrogen) atoms. The minimum atomic E-state index is -3.23. The number of thiazole rings is 1. The van der Waals surface area contributed by atoms with Gasteiger partial charge < -0.3 is 9.84 Å². The van der Waals surface area contributed by atoms with Gasteiger partial charge in [0.25, 0.3) is 0 Å². The van der Waals surface area contributed by atoms with Crippen molar-refractivity contribution in [3.63, 3.8) is 0 Å². The Morgan fingerprint density at radius 1 is 1.33 bits per heavy atom. The summed E-state index contributed by atoms with van der Waals surface area (Å²) >= 11 is 1.44. The molecule has 0 unspecified atom stereocenters. The van der Waals surface area contributed by atoms with E-state index < -0.39 is 9.84 Å². The molecule has 3 aromatic rings. The van der Waals surface area contributed by atoms with Crippen LogP contribution in [0.5, 0.6) is 11.6 Å². The fraction of sp³-hybridized carbons (Fsp3) is 0.154. The van der Waals surface area contributed by atoms with Crippen LogP contribution in [0.2, 0.25) is 0 Å². The zero-order valence-corrected chi connectivity index (χ0v) is 12.7. The quantitative estimate of drug-likeness (QED) is 0.795. The number of benzene rings is 1. The Kier molecular flexibility index (Phi) is 3.44. The van der Waals surface area contributed by atoms with Crippen LogP contribution in [-0.4, -0.2) is 29.2 Å². The Morgan fingerprint density at radius 2 is 2.05 bits per heavy atom. The molecule has 6 nitrogen and oxygen atoms in total. The molecule has 8 heteroatoms. The second kappa shape index (κ2) is 5.14. The summed E-state index contributed by atoms with van der Waals surface area (Å²) in [4.78, 5) is 5.24. The van der Waals surface area contributed by atoms with Gasteiger partial charge in [-0.05, 0) is 24.3 Å². The zero-order chi connectivity index (χ0) is 15.0. The summed E-state index contributed by atoms with van der Waals surface area (Å²) in [5.41, 5.74) is 0.554. The zero-order valence-electron chi connectivity index (χ0n) is 11.1. The number of sulfone groups is 1. The van der Waals surface area contributed by atoms with Gasteiger partial charge in [-0.15, -0.1) is 11.3 Å². The van der Waals surface area contributed by atoms with Crippen LogP contribution in [0.3, 0.4) is 0 Å². The fourth-order valence-corrected chi connectivity index (χ4v) is 3.26. The van der Waals surface area contributed by atoms with Crippen LogP contribution < -0.4 is 4.74 Å². The molecule has 0 aliphatic rings. The van der Waals surface area contributed by atoms with Crippen LogP contribution in [0.4, 0.5) is 0 Å². The molecule has 1 N–H and O–H groups in total. The summed E-state index contributed by atoms with van der Waals surface area (Å²) in [7, 11) is -3.23. The highest BCUT2D eigenvalue weighted by Gasteiger charge is 2.15. The van der Waals surface area contributed by atoms with Gasteiger partial charge in [-0.1, -0.05) is 0 Å². The number of aliphatic hydroxyl groups excluding tert-OH is 1. The number of hydrogen-bond acceptors (Lipinski definition) is 6. The van der Waals surface area contributed by atoms with Gasteiger partial charge in [-0.3, -0.25) is 4.40 Å². The molecule has 0 radical (unpaired) electrons. The highest BCUT2D eigenvalue weighted by molar-refractivity contribution is 7.90. The van der Waals surface area contributed by atoms with E-state index in [9.17, 15) is 13.5 Å². The summed E-state index contributed by atoms with van der Waals surface area (Å²) < 4.78 is 30.2. The van der Waals surface area contributed by atoms with Gasteiger partial charge >= 0.3 is 0 Å². The number of ether oxygens (including phenoxy) is 1. The van der Waals surface area contributed by atoms with Crippen LogP contribution in [0, 0.1) is 0 Å². The molecule has 0 spiro atoms. The van der Waals surface area contributed by atoms with E-state index in [4.69, 9.17) is 4.74 Å². The van der Waals surface area contributed by atoms with E-state index in [-0.39, 0.29) is 11.5 Å². The Morgan fingerprint density at radius 3 is 2.67 bits per heavy atom. The van der Waals surface area contributed by atoms with Crippen molar-refractivity contribution in [2.45, 2.75) is 11.5 Å². The van der Waals surface area contributed by atoms with Crippen molar-refractivity contribution in [2.75, 3.05) is 6.26 Å². The highest BCUT2D eigenvalue weighted by atomic mass is 32.2. The van der Waals surface area contributed by atoms with Gasteiger partial charge in [0.2, 0.25) is 5.88 Å². The van der Waals surface area contributed by atoms with Crippen molar-refractivity contribution >= 4 is 26.1 Å². The van der Waals surface area contributed by atoms with E-state index in [0.29, 0.717) is 17.3 Å². The van der Waals surface area contributed by atoms with Gasteiger partial charge in [-0.25, -0.2) is 8.42 Å². The van der Waals surface area contributed by atoms with Crippen LogP contribution in [-0.2, 0) is 16.4 Å². The third kappa shape index (κ3) is 2.65. The van der Waals surface area contributed by atoms with Crippen LogP contribution >= 0.6 is 11.3 Å². The predicted octanol–water partition coefficient (Wildman–Crippen LogP) is 2.08. The number of imidazole rings is 1. The van der Waals surface area contributed by atoms with Gasteiger partial charge in [0.05, 0.1) is 11.5 Å². The molecular formula is C13H12N2O4S2. The number of aliphatic hydroxyl groups is 1. The first-order valence-corrected chi connectivity index (χ1v) is 8.79. The number of aromatic nitrogens is 2. The lowest BCUT2D eigenvalue weighted by atomic mass is 10.3. The molecule has 0 fully saturated rings. The Balaban J connectivity index is 1.93. The van der Waals surface area contributed by atoms with Gasteiger partial charge in [0.1, 0.15) is 11.4 Å². The summed E-state index contributed by atoms with van der Waals surface area (Å²) in [6.07, 6.45) is 2.95. The summed E-state index contributed by atoms with van der Waals surface area (Å²) in [5.74, 6) is 0.777. The largest absolute Gasteiger partial charge is 0.437 e. The second-order valence-corrected chi connectivity index (χ2v) is 7.31. The molecule has 2 heterocycles. The van der Waals surface area contributed by atoms with Gasteiger partial charge in [0, 0.05) is 17.8 Å². The van der Waals surface area contributed by atoms with Crippen molar-refractivity contribution in [3.05, 3.63) is 41.5 Å². The summed E-state index contributed by atoms with van der Waals surface area (Å²) in [5, 5.41) is 11.3. The topological polar surface area (TPSA) is 80.9 Å². The molecule has 110 valence electrons. The Labute approximate surface area is 125 Å². The number of rotatable bonds is 4. The van der Waals surface area contributed by atoms with Crippen molar-refractivity contribution < 1.29 is 18.3 Å². The lowest BCUT2D eigenvalue weighted by Crippen LogP contribution is -1.97. The molecule has 0 bridgehead atoms. The van der Waals surface area contributed by atoms with Crippen LogP contribution in [0.1, 0.15) is 5.69 Å². The third-order valence-corrected chi connectivity index (χ3v) is 4.83. The molecular weight excluding hydrogens is 312 g/mol. The first kappa shape index (κ1) is 14.1. The van der Waals surface area contributed by atoms with E-state index in [1.165, 1.54) is 23.5 Å². The minimum Gasteiger partial charge on any atom is -0.437 e.